The van der Waals surface area contributed by atoms with E-state index < -0.39 is 0 Å². The molecule has 23 heavy (non-hydrogen) atoms. The Labute approximate surface area is 134 Å². The third-order valence-corrected chi connectivity index (χ3v) is 4.76. The van der Waals surface area contributed by atoms with Gasteiger partial charge >= 0.3 is 0 Å². The van der Waals surface area contributed by atoms with Crippen molar-refractivity contribution in [3.8, 4) is 0 Å². The number of carbonyl (C=O) groups is 1. The summed E-state index contributed by atoms with van der Waals surface area (Å²) in [5.74, 6) is -0.253. The lowest BCUT2D eigenvalue weighted by Gasteiger charge is -2.38. The van der Waals surface area contributed by atoms with E-state index in [1.54, 1.807) is 24.3 Å². The lowest BCUT2D eigenvalue weighted by molar-refractivity contribution is -0.0380. The van der Waals surface area contributed by atoms with Crippen molar-refractivity contribution >= 4 is 11.6 Å². The second-order valence-corrected chi connectivity index (χ2v) is 6.31. The molecule has 3 rings (SSSR count). The van der Waals surface area contributed by atoms with Crippen LogP contribution in [0.25, 0.3) is 5.65 Å². The number of hydrogen-bond acceptors (Lipinski definition) is 4. The van der Waals surface area contributed by atoms with E-state index in [0.717, 1.165) is 18.4 Å². The molecule has 122 valence electrons. The second kappa shape index (κ2) is 5.77. The first-order valence-corrected chi connectivity index (χ1v) is 7.77. The molecule has 6 heteroatoms. The highest BCUT2D eigenvalue weighted by Crippen LogP contribution is 2.25. The molecular weight excluding hydrogens is 294 g/mol. The molecule has 3 heterocycles. The molecule has 1 amide bonds. The largest absolute Gasteiger partial charge is 0.378 e. The van der Waals surface area contributed by atoms with Gasteiger partial charge in [0.15, 0.2) is 0 Å². The molecule has 1 aliphatic heterocycles. The summed E-state index contributed by atoms with van der Waals surface area (Å²) in [7, 11) is 1.69. The van der Waals surface area contributed by atoms with E-state index in [1.165, 1.54) is 10.6 Å². The van der Waals surface area contributed by atoms with Gasteiger partial charge < -0.3 is 9.64 Å². The average molecular weight is 315 g/mol. The van der Waals surface area contributed by atoms with Crippen molar-refractivity contribution in [1.29, 1.82) is 0 Å². The first-order valence-electron chi connectivity index (χ1n) is 7.77. The molecular formula is C17H21N3O3. The SMILES string of the molecule is COC1(C)CCN(C(=O)c2cnc3c(C)cccn3c2=O)CC1. The van der Waals surface area contributed by atoms with Gasteiger partial charge in [-0.25, -0.2) is 4.98 Å². The van der Waals surface area contributed by atoms with Gasteiger partial charge in [0.1, 0.15) is 11.2 Å². The minimum absolute atomic E-state index is 0.120. The van der Waals surface area contributed by atoms with Crippen LogP contribution in [0.4, 0.5) is 0 Å². The molecule has 0 aromatic carbocycles. The number of aryl methyl sites for hydroxylation is 1. The van der Waals surface area contributed by atoms with Crippen LogP contribution in [-0.4, -0.2) is 46.0 Å². The molecule has 0 radical (unpaired) electrons. The summed E-state index contributed by atoms with van der Waals surface area (Å²) in [5.41, 5.74) is 1.10. The zero-order valence-electron chi connectivity index (χ0n) is 13.7. The number of amides is 1. The monoisotopic (exact) mass is 315 g/mol. The molecule has 6 nitrogen and oxygen atoms in total. The van der Waals surface area contributed by atoms with E-state index in [2.05, 4.69) is 4.98 Å². The molecule has 2 aromatic rings. The molecule has 0 N–H and O–H groups in total. The number of carbonyl (C=O) groups excluding carboxylic acids is 1. The Morgan fingerprint density at radius 3 is 2.70 bits per heavy atom. The van der Waals surface area contributed by atoms with Gasteiger partial charge in [-0.1, -0.05) is 6.07 Å². The maximum absolute atomic E-state index is 12.7. The standard InChI is InChI=1S/C17H21N3O3/c1-12-5-4-8-20-14(12)18-11-13(16(20)22)15(21)19-9-6-17(2,23-3)7-10-19/h4-5,8,11H,6-7,9-10H2,1-3H3. The molecule has 0 spiro atoms. The van der Waals surface area contributed by atoms with Crippen LogP contribution in [0.3, 0.4) is 0 Å². The zero-order chi connectivity index (χ0) is 16.6. The Hall–Kier alpha value is -2.21. The van der Waals surface area contributed by atoms with Gasteiger partial charge in [-0.3, -0.25) is 14.0 Å². The third-order valence-electron chi connectivity index (χ3n) is 4.76. The van der Waals surface area contributed by atoms with Crippen LogP contribution in [0.2, 0.25) is 0 Å². The topological polar surface area (TPSA) is 63.9 Å². The lowest BCUT2D eigenvalue weighted by Crippen LogP contribution is -2.47. The highest BCUT2D eigenvalue weighted by atomic mass is 16.5. The number of pyridine rings is 1. The molecule has 2 aromatic heterocycles. The Balaban J connectivity index is 1.91. The number of ether oxygens (including phenoxy) is 1. The Bertz CT molecular complexity index is 804. The van der Waals surface area contributed by atoms with E-state index in [0.29, 0.717) is 18.7 Å². The van der Waals surface area contributed by atoms with E-state index in [-0.39, 0.29) is 22.6 Å². The number of aromatic nitrogens is 2. The number of rotatable bonds is 2. The maximum atomic E-state index is 12.7. The number of likely N-dealkylation sites (tertiary alicyclic amines) is 1. The summed E-state index contributed by atoms with van der Waals surface area (Å²) in [6.45, 7) is 5.10. The van der Waals surface area contributed by atoms with Crippen LogP contribution < -0.4 is 5.56 Å². The average Bonchev–Trinajstić information content (AvgIpc) is 2.56. The smallest absolute Gasteiger partial charge is 0.270 e. The zero-order valence-corrected chi connectivity index (χ0v) is 13.7. The summed E-state index contributed by atoms with van der Waals surface area (Å²) < 4.78 is 6.93. The van der Waals surface area contributed by atoms with Crippen molar-refractivity contribution in [1.82, 2.24) is 14.3 Å². The first kappa shape index (κ1) is 15.7. The van der Waals surface area contributed by atoms with Gasteiger partial charge in [-0.2, -0.15) is 0 Å². The Kier molecular flexibility index (Phi) is 3.93. The molecule has 0 atom stereocenters. The van der Waals surface area contributed by atoms with Crippen LogP contribution in [-0.2, 0) is 4.74 Å². The van der Waals surface area contributed by atoms with Gasteiger partial charge in [-0.15, -0.1) is 0 Å². The highest BCUT2D eigenvalue weighted by molar-refractivity contribution is 5.93. The summed E-state index contributed by atoms with van der Waals surface area (Å²) in [4.78, 5) is 31.3. The van der Waals surface area contributed by atoms with Crippen molar-refractivity contribution in [3.05, 3.63) is 46.0 Å². The first-order chi connectivity index (χ1) is 10.9. The van der Waals surface area contributed by atoms with Crippen LogP contribution in [0, 0.1) is 6.92 Å². The van der Waals surface area contributed by atoms with Gasteiger partial charge in [0.25, 0.3) is 11.5 Å². The van der Waals surface area contributed by atoms with Gasteiger partial charge in [0.2, 0.25) is 0 Å². The maximum Gasteiger partial charge on any atom is 0.270 e. The van der Waals surface area contributed by atoms with Gasteiger partial charge in [0, 0.05) is 32.6 Å². The number of piperidine rings is 1. The second-order valence-electron chi connectivity index (χ2n) is 6.31. The molecule has 0 aliphatic carbocycles. The molecule has 1 fully saturated rings. The molecule has 1 saturated heterocycles. The quantitative estimate of drug-likeness (QED) is 0.845. The van der Waals surface area contributed by atoms with Crippen molar-refractivity contribution in [3.63, 3.8) is 0 Å². The normalized spacial score (nSPS) is 17.4. The summed E-state index contributed by atoms with van der Waals surface area (Å²) >= 11 is 0. The molecule has 0 bridgehead atoms. The predicted molar refractivity (Wildman–Crippen MR) is 86.8 cm³/mol. The van der Waals surface area contributed by atoms with E-state index >= 15 is 0 Å². The molecule has 1 aliphatic rings. The summed E-state index contributed by atoms with van der Waals surface area (Å²) in [6.07, 6.45) is 4.57. The highest BCUT2D eigenvalue weighted by Gasteiger charge is 2.32. The number of fused-ring (bicyclic) bond motifs is 1. The number of hydrogen-bond donors (Lipinski definition) is 0. The third kappa shape index (κ3) is 2.74. The minimum atomic E-state index is -0.316. The van der Waals surface area contributed by atoms with Crippen molar-refractivity contribution in [2.75, 3.05) is 20.2 Å². The van der Waals surface area contributed by atoms with E-state index in [9.17, 15) is 9.59 Å². The molecule has 0 unspecified atom stereocenters. The van der Waals surface area contributed by atoms with Crippen LogP contribution in [0.15, 0.2) is 29.3 Å². The van der Waals surface area contributed by atoms with Crippen LogP contribution >= 0.6 is 0 Å². The minimum Gasteiger partial charge on any atom is -0.378 e. The predicted octanol–water partition coefficient (Wildman–Crippen LogP) is 1.64. The summed E-state index contributed by atoms with van der Waals surface area (Å²) in [5, 5.41) is 0. The van der Waals surface area contributed by atoms with Crippen molar-refractivity contribution in [2.45, 2.75) is 32.3 Å². The van der Waals surface area contributed by atoms with E-state index in [1.807, 2.05) is 19.9 Å². The fourth-order valence-electron chi connectivity index (χ4n) is 2.95. The number of nitrogens with zero attached hydrogens (tertiary/aromatic N) is 3. The van der Waals surface area contributed by atoms with Crippen LogP contribution in [0.1, 0.15) is 35.7 Å². The van der Waals surface area contributed by atoms with Crippen LogP contribution in [0.5, 0.6) is 0 Å². The van der Waals surface area contributed by atoms with Crippen molar-refractivity contribution in [2.24, 2.45) is 0 Å². The fourth-order valence-corrected chi connectivity index (χ4v) is 2.95. The lowest BCUT2D eigenvalue weighted by atomic mass is 9.93. The molecule has 0 saturated carbocycles. The Morgan fingerprint density at radius 1 is 1.35 bits per heavy atom. The van der Waals surface area contributed by atoms with E-state index in [4.69, 9.17) is 4.74 Å². The summed E-state index contributed by atoms with van der Waals surface area (Å²) in [6, 6.07) is 3.67. The van der Waals surface area contributed by atoms with Gasteiger partial charge in [0.05, 0.1) is 5.60 Å². The van der Waals surface area contributed by atoms with Crippen molar-refractivity contribution < 1.29 is 9.53 Å². The Morgan fingerprint density at radius 2 is 2.04 bits per heavy atom. The van der Waals surface area contributed by atoms with Gasteiger partial charge in [-0.05, 0) is 38.3 Å². The fraction of sp³-hybridized carbons (Fsp3) is 0.471. The number of methoxy groups -OCH3 is 1.